The minimum Gasteiger partial charge on any atom is -0.454 e. The van der Waals surface area contributed by atoms with Gasteiger partial charge in [0.25, 0.3) is 5.89 Å². The van der Waals surface area contributed by atoms with E-state index in [2.05, 4.69) is 25.7 Å². The summed E-state index contributed by atoms with van der Waals surface area (Å²) in [5.74, 6) is 2.83. The largest absolute Gasteiger partial charge is 0.454 e. The van der Waals surface area contributed by atoms with Gasteiger partial charge in [-0.1, -0.05) is 17.2 Å². The number of benzene rings is 1. The van der Waals surface area contributed by atoms with Crippen molar-refractivity contribution in [2.45, 2.75) is 19.9 Å². The highest BCUT2D eigenvalue weighted by atomic mass is 16.7. The van der Waals surface area contributed by atoms with Gasteiger partial charge in [-0.3, -0.25) is 0 Å². The smallest absolute Gasteiger partial charge is 0.315 e. The molecule has 0 saturated carbocycles. The first-order valence-corrected chi connectivity index (χ1v) is 7.10. The first-order valence-electron chi connectivity index (χ1n) is 7.10. The third-order valence-corrected chi connectivity index (χ3v) is 3.25. The Morgan fingerprint density at radius 3 is 2.96 bits per heavy atom. The molecule has 1 aromatic carbocycles. The second-order valence-corrected chi connectivity index (χ2v) is 4.79. The van der Waals surface area contributed by atoms with Crippen LogP contribution >= 0.6 is 0 Å². The quantitative estimate of drug-likeness (QED) is 0.756. The van der Waals surface area contributed by atoms with Crippen LogP contribution in [0.4, 0.5) is 6.01 Å². The van der Waals surface area contributed by atoms with Gasteiger partial charge in [-0.15, -0.1) is 5.10 Å². The van der Waals surface area contributed by atoms with E-state index in [-0.39, 0.29) is 6.79 Å². The SMILES string of the molecule is CCc1nnc(NCc2noc(-c3ccc4c(c3)OCO4)n2)o1. The molecule has 0 radical (unpaired) electrons. The highest BCUT2D eigenvalue weighted by Crippen LogP contribution is 2.35. The number of hydrogen-bond acceptors (Lipinski definition) is 9. The Bertz CT molecular complexity index is 828. The van der Waals surface area contributed by atoms with Crippen LogP contribution in [0.15, 0.2) is 27.1 Å². The Balaban J connectivity index is 1.46. The zero-order valence-electron chi connectivity index (χ0n) is 12.3. The van der Waals surface area contributed by atoms with Crippen LogP contribution in [0.3, 0.4) is 0 Å². The summed E-state index contributed by atoms with van der Waals surface area (Å²) < 4.78 is 21.2. The van der Waals surface area contributed by atoms with Crippen molar-refractivity contribution in [2.75, 3.05) is 12.1 Å². The van der Waals surface area contributed by atoms with Gasteiger partial charge in [0, 0.05) is 12.0 Å². The molecular weight excluding hydrogens is 302 g/mol. The van der Waals surface area contributed by atoms with Crippen LogP contribution in [0.25, 0.3) is 11.5 Å². The maximum absolute atomic E-state index is 5.35. The van der Waals surface area contributed by atoms with Gasteiger partial charge in [-0.25, -0.2) is 0 Å². The maximum Gasteiger partial charge on any atom is 0.315 e. The molecule has 0 unspecified atom stereocenters. The molecule has 0 bridgehead atoms. The fourth-order valence-electron chi connectivity index (χ4n) is 2.10. The van der Waals surface area contributed by atoms with Crippen LogP contribution in [-0.4, -0.2) is 27.1 Å². The molecule has 1 aliphatic rings. The number of nitrogens with zero attached hydrogens (tertiary/aromatic N) is 4. The van der Waals surface area contributed by atoms with Crippen molar-refractivity contribution in [3.8, 4) is 23.0 Å². The van der Waals surface area contributed by atoms with Gasteiger partial charge in [-0.2, -0.15) is 4.98 Å². The van der Waals surface area contributed by atoms with Crippen LogP contribution in [0.2, 0.25) is 0 Å². The van der Waals surface area contributed by atoms with E-state index in [1.807, 2.05) is 19.1 Å². The predicted octanol–water partition coefficient (Wildman–Crippen LogP) is 2.02. The molecule has 3 aromatic rings. The molecule has 118 valence electrons. The van der Waals surface area contributed by atoms with Gasteiger partial charge in [-0.05, 0) is 18.2 Å². The third kappa shape index (κ3) is 2.68. The molecule has 1 aliphatic heterocycles. The van der Waals surface area contributed by atoms with Crippen LogP contribution in [0, 0.1) is 0 Å². The van der Waals surface area contributed by atoms with Crippen molar-refractivity contribution in [1.29, 1.82) is 0 Å². The summed E-state index contributed by atoms with van der Waals surface area (Å²) in [4.78, 5) is 4.32. The van der Waals surface area contributed by atoms with E-state index >= 15 is 0 Å². The fraction of sp³-hybridized carbons (Fsp3) is 0.286. The van der Waals surface area contributed by atoms with E-state index in [1.54, 1.807) is 6.07 Å². The van der Waals surface area contributed by atoms with E-state index in [4.69, 9.17) is 18.4 Å². The lowest BCUT2D eigenvalue weighted by Crippen LogP contribution is -2.01. The molecular formula is C14H13N5O4. The molecule has 23 heavy (non-hydrogen) atoms. The number of hydrogen-bond donors (Lipinski definition) is 1. The maximum atomic E-state index is 5.35. The normalized spacial score (nSPS) is 12.6. The van der Waals surface area contributed by atoms with E-state index in [0.29, 0.717) is 48.1 Å². The monoisotopic (exact) mass is 315 g/mol. The molecule has 0 saturated heterocycles. The number of aryl methyl sites for hydroxylation is 1. The second kappa shape index (κ2) is 5.59. The zero-order valence-corrected chi connectivity index (χ0v) is 12.3. The molecule has 0 amide bonds. The zero-order chi connectivity index (χ0) is 15.6. The lowest BCUT2D eigenvalue weighted by Gasteiger charge is -1.97. The Labute approximate surface area is 130 Å². The molecule has 0 atom stereocenters. The molecule has 9 nitrogen and oxygen atoms in total. The van der Waals surface area contributed by atoms with Gasteiger partial charge in [0.05, 0.1) is 6.54 Å². The number of aromatic nitrogens is 4. The van der Waals surface area contributed by atoms with Gasteiger partial charge >= 0.3 is 6.01 Å². The summed E-state index contributed by atoms with van der Waals surface area (Å²) in [6.45, 7) is 2.48. The Morgan fingerprint density at radius 2 is 2.09 bits per heavy atom. The number of ether oxygens (including phenoxy) is 2. The molecule has 9 heteroatoms. The number of fused-ring (bicyclic) bond motifs is 1. The van der Waals surface area contributed by atoms with E-state index in [1.165, 1.54) is 0 Å². The standard InChI is InChI=1S/C14H13N5O4/c1-2-12-17-18-14(22-12)15-6-11-16-13(23-19-11)8-3-4-9-10(5-8)21-7-20-9/h3-5H,2,6-7H2,1H3,(H,15,18). The number of anilines is 1. The highest BCUT2D eigenvalue weighted by Gasteiger charge is 2.17. The summed E-state index contributed by atoms with van der Waals surface area (Å²) in [6.07, 6.45) is 0.686. The van der Waals surface area contributed by atoms with Crippen molar-refractivity contribution < 1.29 is 18.4 Å². The average molecular weight is 315 g/mol. The molecule has 0 fully saturated rings. The summed E-state index contributed by atoms with van der Waals surface area (Å²) in [5, 5.41) is 14.6. The van der Waals surface area contributed by atoms with Crippen molar-refractivity contribution in [2.24, 2.45) is 0 Å². The third-order valence-electron chi connectivity index (χ3n) is 3.25. The minimum atomic E-state index is 0.224. The van der Waals surface area contributed by atoms with Crippen molar-refractivity contribution in [3.05, 3.63) is 29.9 Å². The predicted molar refractivity (Wildman–Crippen MR) is 76.9 cm³/mol. The fourth-order valence-corrected chi connectivity index (χ4v) is 2.10. The molecule has 0 spiro atoms. The summed E-state index contributed by atoms with van der Waals surface area (Å²) in [7, 11) is 0. The molecule has 4 rings (SSSR count). The van der Waals surface area contributed by atoms with Crippen molar-refractivity contribution in [1.82, 2.24) is 20.3 Å². The summed E-state index contributed by atoms with van der Waals surface area (Å²) in [5.41, 5.74) is 0.763. The Hall–Kier alpha value is -3.10. The first kappa shape index (κ1) is 13.6. The van der Waals surface area contributed by atoms with Crippen LogP contribution in [0.1, 0.15) is 18.6 Å². The molecule has 1 N–H and O–H groups in total. The van der Waals surface area contributed by atoms with Gasteiger partial charge in [0.15, 0.2) is 17.3 Å². The molecule has 2 aromatic heterocycles. The van der Waals surface area contributed by atoms with Gasteiger partial charge in [0.2, 0.25) is 12.7 Å². The minimum absolute atomic E-state index is 0.224. The number of nitrogens with one attached hydrogen (secondary N) is 1. The average Bonchev–Trinajstić information content (AvgIpc) is 3.31. The number of rotatable bonds is 5. The first-order chi connectivity index (χ1) is 11.3. The summed E-state index contributed by atoms with van der Waals surface area (Å²) in [6, 6.07) is 5.78. The topological polar surface area (TPSA) is 108 Å². The van der Waals surface area contributed by atoms with Crippen LogP contribution < -0.4 is 14.8 Å². The van der Waals surface area contributed by atoms with E-state index in [0.717, 1.165) is 5.56 Å². The van der Waals surface area contributed by atoms with Crippen molar-refractivity contribution in [3.63, 3.8) is 0 Å². The molecule has 0 aliphatic carbocycles. The van der Waals surface area contributed by atoms with Crippen LogP contribution in [-0.2, 0) is 13.0 Å². The van der Waals surface area contributed by atoms with E-state index in [9.17, 15) is 0 Å². The van der Waals surface area contributed by atoms with Crippen LogP contribution in [0.5, 0.6) is 11.5 Å². The lowest BCUT2D eigenvalue weighted by atomic mass is 10.2. The second-order valence-electron chi connectivity index (χ2n) is 4.79. The van der Waals surface area contributed by atoms with Gasteiger partial charge < -0.3 is 23.7 Å². The summed E-state index contributed by atoms with van der Waals surface area (Å²) >= 11 is 0. The molecule has 3 heterocycles. The van der Waals surface area contributed by atoms with Gasteiger partial charge in [0.1, 0.15) is 0 Å². The lowest BCUT2D eigenvalue weighted by molar-refractivity contribution is 0.174. The Morgan fingerprint density at radius 1 is 1.17 bits per heavy atom. The van der Waals surface area contributed by atoms with E-state index < -0.39 is 0 Å². The Kier molecular flexibility index (Phi) is 3.30. The van der Waals surface area contributed by atoms with Crippen molar-refractivity contribution >= 4 is 6.01 Å². The highest BCUT2D eigenvalue weighted by molar-refractivity contribution is 5.60.